The predicted octanol–water partition coefficient (Wildman–Crippen LogP) is 1.83. The molecule has 1 aromatic heterocycles. The van der Waals surface area contributed by atoms with Crippen LogP contribution in [0.3, 0.4) is 0 Å². The van der Waals surface area contributed by atoms with E-state index in [9.17, 15) is 4.79 Å². The zero-order valence-electron chi connectivity index (χ0n) is 10.2. The van der Waals surface area contributed by atoms with E-state index >= 15 is 0 Å². The maximum atomic E-state index is 11.5. The molecule has 0 spiro atoms. The summed E-state index contributed by atoms with van der Waals surface area (Å²) in [6.07, 6.45) is 0.453. The highest BCUT2D eigenvalue weighted by atomic mass is 79.9. The fraction of sp³-hybridized carbons (Fsp3) is 0.545. The minimum Gasteiger partial charge on any atom is -0.383 e. The van der Waals surface area contributed by atoms with Crippen molar-refractivity contribution in [3.05, 3.63) is 20.8 Å². The van der Waals surface area contributed by atoms with E-state index in [1.54, 1.807) is 18.4 Å². The van der Waals surface area contributed by atoms with E-state index in [0.29, 0.717) is 19.6 Å². The van der Waals surface area contributed by atoms with Crippen LogP contribution in [0, 0.1) is 0 Å². The molecule has 0 aliphatic carbocycles. The van der Waals surface area contributed by atoms with E-state index in [1.807, 2.05) is 12.1 Å². The first-order valence-electron chi connectivity index (χ1n) is 5.43. The van der Waals surface area contributed by atoms with Gasteiger partial charge in [0.05, 0.1) is 16.8 Å². The first-order valence-corrected chi connectivity index (χ1v) is 7.04. The summed E-state index contributed by atoms with van der Waals surface area (Å²) < 4.78 is 5.95. The fourth-order valence-corrected chi connectivity index (χ4v) is 2.74. The van der Waals surface area contributed by atoms with Crippen molar-refractivity contribution < 1.29 is 9.53 Å². The number of methoxy groups -OCH3 is 1. The molecule has 0 radical (unpaired) electrons. The number of hydrogen-bond donors (Lipinski definition) is 2. The summed E-state index contributed by atoms with van der Waals surface area (Å²) in [5.41, 5.74) is 0. The third-order valence-corrected chi connectivity index (χ3v) is 3.69. The molecule has 0 aromatic carbocycles. The van der Waals surface area contributed by atoms with Crippen LogP contribution in [0.1, 0.15) is 4.88 Å². The van der Waals surface area contributed by atoms with Gasteiger partial charge in [-0.2, -0.15) is 0 Å². The molecule has 0 atom stereocenters. The molecular weight excluding hydrogens is 340 g/mol. The van der Waals surface area contributed by atoms with Crippen molar-refractivity contribution in [2.45, 2.75) is 6.42 Å². The molecule has 104 valence electrons. The van der Waals surface area contributed by atoms with E-state index in [0.717, 1.165) is 21.8 Å². The van der Waals surface area contributed by atoms with Crippen LogP contribution in [0.5, 0.6) is 0 Å². The van der Waals surface area contributed by atoms with Crippen LogP contribution in [-0.4, -0.2) is 39.3 Å². The lowest BCUT2D eigenvalue weighted by molar-refractivity contribution is -0.120. The zero-order chi connectivity index (χ0) is 12.5. The second-order valence-electron chi connectivity index (χ2n) is 3.48. The molecule has 1 heterocycles. The maximum absolute atomic E-state index is 11.5. The first-order chi connectivity index (χ1) is 8.22. The molecule has 0 saturated carbocycles. The zero-order valence-corrected chi connectivity index (χ0v) is 13.4. The Bertz CT molecular complexity index is 350. The summed E-state index contributed by atoms with van der Waals surface area (Å²) in [6.45, 7) is 2.92. The number of hydrogen-bond acceptors (Lipinski definition) is 4. The van der Waals surface area contributed by atoms with Gasteiger partial charge in [-0.25, -0.2) is 0 Å². The molecule has 4 nitrogen and oxygen atoms in total. The minimum absolute atomic E-state index is 0. The van der Waals surface area contributed by atoms with Crippen molar-refractivity contribution >= 4 is 45.6 Å². The highest BCUT2D eigenvalue weighted by Crippen LogP contribution is 2.22. The molecule has 1 rings (SSSR count). The first kappa shape index (κ1) is 17.9. The third-order valence-electron chi connectivity index (χ3n) is 2.07. The second kappa shape index (κ2) is 10.8. The SMILES string of the molecule is COCCNCCNC(=O)Cc1ccc(Br)s1.Cl. The second-order valence-corrected chi connectivity index (χ2v) is 6.02. The molecular formula is C11H18BrClN2O2S. The highest BCUT2D eigenvalue weighted by molar-refractivity contribution is 9.11. The van der Waals surface area contributed by atoms with Crippen LogP contribution < -0.4 is 10.6 Å². The number of ether oxygens (including phenoxy) is 1. The van der Waals surface area contributed by atoms with Crippen LogP contribution in [0.2, 0.25) is 0 Å². The third kappa shape index (κ3) is 8.05. The van der Waals surface area contributed by atoms with Crippen molar-refractivity contribution in [2.75, 3.05) is 33.4 Å². The van der Waals surface area contributed by atoms with Gasteiger partial charge in [-0.3, -0.25) is 4.79 Å². The van der Waals surface area contributed by atoms with Gasteiger partial charge in [-0.15, -0.1) is 23.7 Å². The van der Waals surface area contributed by atoms with E-state index in [-0.39, 0.29) is 18.3 Å². The van der Waals surface area contributed by atoms with Gasteiger partial charge in [0, 0.05) is 31.6 Å². The lowest BCUT2D eigenvalue weighted by atomic mass is 10.3. The quantitative estimate of drug-likeness (QED) is 0.698. The van der Waals surface area contributed by atoms with E-state index in [4.69, 9.17) is 4.74 Å². The molecule has 18 heavy (non-hydrogen) atoms. The standard InChI is InChI=1S/C11H17BrN2O2S.ClH/c1-16-7-6-13-4-5-14-11(15)8-9-2-3-10(12)17-9;/h2-3,13H,4-8H2,1H3,(H,14,15);1H. The number of halogens is 2. The van der Waals surface area contributed by atoms with Gasteiger partial charge >= 0.3 is 0 Å². The molecule has 0 bridgehead atoms. The topological polar surface area (TPSA) is 50.4 Å². The average Bonchev–Trinajstić information content (AvgIpc) is 2.69. The van der Waals surface area contributed by atoms with Gasteiger partial charge in [0.1, 0.15) is 0 Å². The number of rotatable bonds is 8. The summed E-state index contributed by atoms with van der Waals surface area (Å²) in [7, 11) is 1.67. The Labute approximate surface area is 126 Å². The van der Waals surface area contributed by atoms with Crippen molar-refractivity contribution in [3.8, 4) is 0 Å². The number of thiophene rings is 1. The maximum Gasteiger partial charge on any atom is 0.225 e. The van der Waals surface area contributed by atoms with Gasteiger partial charge in [-0.05, 0) is 28.1 Å². The van der Waals surface area contributed by atoms with E-state index in [2.05, 4.69) is 26.6 Å². The van der Waals surface area contributed by atoms with Crippen LogP contribution in [0.4, 0.5) is 0 Å². The molecule has 1 aromatic rings. The van der Waals surface area contributed by atoms with Gasteiger partial charge in [-0.1, -0.05) is 0 Å². The number of carbonyl (C=O) groups excluding carboxylic acids is 1. The van der Waals surface area contributed by atoms with Crippen LogP contribution in [0.15, 0.2) is 15.9 Å². The highest BCUT2D eigenvalue weighted by Gasteiger charge is 2.04. The van der Waals surface area contributed by atoms with E-state index in [1.165, 1.54) is 0 Å². The van der Waals surface area contributed by atoms with Crippen LogP contribution >= 0.6 is 39.7 Å². The summed E-state index contributed by atoms with van der Waals surface area (Å²) in [6, 6.07) is 3.92. The largest absolute Gasteiger partial charge is 0.383 e. The normalized spacial score (nSPS) is 9.89. The summed E-state index contributed by atoms with van der Waals surface area (Å²) in [5.74, 6) is 0.0629. The Morgan fingerprint density at radius 2 is 2.17 bits per heavy atom. The smallest absolute Gasteiger partial charge is 0.225 e. The van der Waals surface area contributed by atoms with Gasteiger partial charge < -0.3 is 15.4 Å². The number of carbonyl (C=O) groups is 1. The van der Waals surface area contributed by atoms with Crippen molar-refractivity contribution in [1.29, 1.82) is 0 Å². The van der Waals surface area contributed by atoms with Crippen molar-refractivity contribution in [2.24, 2.45) is 0 Å². The Morgan fingerprint density at radius 1 is 1.39 bits per heavy atom. The van der Waals surface area contributed by atoms with Crippen molar-refractivity contribution in [3.63, 3.8) is 0 Å². The fourth-order valence-electron chi connectivity index (χ4n) is 1.26. The number of nitrogens with one attached hydrogen (secondary N) is 2. The lowest BCUT2D eigenvalue weighted by Gasteiger charge is -2.05. The molecule has 7 heteroatoms. The van der Waals surface area contributed by atoms with Gasteiger partial charge in [0.2, 0.25) is 5.91 Å². The molecule has 0 saturated heterocycles. The summed E-state index contributed by atoms with van der Waals surface area (Å²) in [5, 5.41) is 6.03. The Morgan fingerprint density at radius 3 is 2.78 bits per heavy atom. The van der Waals surface area contributed by atoms with Crippen LogP contribution in [-0.2, 0) is 16.0 Å². The predicted molar refractivity (Wildman–Crippen MR) is 80.7 cm³/mol. The van der Waals surface area contributed by atoms with Crippen LogP contribution in [0.25, 0.3) is 0 Å². The minimum atomic E-state index is 0. The lowest BCUT2D eigenvalue weighted by Crippen LogP contribution is -2.33. The Balaban J connectivity index is 0.00000289. The molecule has 2 N–H and O–H groups in total. The Kier molecular flexibility index (Phi) is 10.7. The van der Waals surface area contributed by atoms with E-state index < -0.39 is 0 Å². The summed E-state index contributed by atoms with van der Waals surface area (Å²) >= 11 is 4.96. The average molecular weight is 358 g/mol. The number of amides is 1. The molecule has 1 amide bonds. The molecule has 0 aliphatic heterocycles. The molecule has 0 unspecified atom stereocenters. The van der Waals surface area contributed by atoms with Gasteiger partial charge in [0.15, 0.2) is 0 Å². The molecule has 0 aliphatic rings. The summed E-state index contributed by atoms with van der Waals surface area (Å²) in [4.78, 5) is 12.6. The Hall–Kier alpha value is -0.140. The molecule has 0 fully saturated rings. The monoisotopic (exact) mass is 356 g/mol. The van der Waals surface area contributed by atoms with Gasteiger partial charge in [0.25, 0.3) is 0 Å². The van der Waals surface area contributed by atoms with Crippen molar-refractivity contribution in [1.82, 2.24) is 10.6 Å².